The molecule has 4 fully saturated rings. The number of nitrogens with one attached hydrogen (secondary N) is 5. The summed E-state index contributed by atoms with van der Waals surface area (Å²) in [4.78, 5) is 70.4. The van der Waals surface area contributed by atoms with Gasteiger partial charge >= 0.3 is 0 Å². The number of H-pyrrole nitrogens is 1. The van der Waals surface area contributed by atoms with Crippen LogP contribution in [0.4, 0.5) is 26.0 Å². The maximum atomic E-state index is 14.0. The van der Waals surface area contributed by atoms with E-state index in [1.165, 1.54) is 12.1 Å². The highest BCUT2D eigenvalue weighted by molar-refractivity contribution is 6.23. The predicted octanol–water partition coefficient (Wildman–Crippen LogP) is 4.90. The average Bonchev–Trinajstić information content (AvgIpc) is 3.77. The van der Waals surface area contributed by atoms with Crippen LogP contribution in [0.5, 0.6) is 0 Å². The Balaban J connectivity index is 0.765. The first-order valence-electron chi connectivity index (χ1n) is 21.8. The number of aromatic amines is 1. The van der Waals surface area contributed by atoms with Gasteiger partial charge in [-0.2, -0.15) is 5.10 Å². The molecule has 4 saturated heterocycles. The number of nitrogens with zero attached hydrogens (tertiary/aromatic N) is 4. The van der Waals surface area contributed by atoms with Crippen LogP contribution in [-0.4, -0.2) is 114 Å². The zero-order chi connectivity index (χ0) is 44.1. The van der Waals surface area contributed by atoms with Gasteiger partial charge in [-0.05, 0) is 103 Å². The Morgan fingerprint density at radius 3 is 2.36 bits per heavy atom. The molecule has 1 aromatic heterocycles. The van der Waals surface area contributed by atoms with E-state index in [-0.39, 0.29) is 48.0 Å². The van der Waals surface area contributed by atoms with E-state index < -0.39 is 41.3 Å². The fraction of sp³-hybridized carbons (Fsp3) is 0.362. The first kappa shape index (κ1) is 41.5. The number of fused-ring (bicyclic) bond motifs is 2. The van der Waals surface area contributed by atoms with Crippen molar-refractivity contribution in [2.75, 3.05) is 61.5 Å². The van der Waals surface area contributed by atoms with E-state index in [0.29, 0.717) is 47.5 Å². The summed E-state index contributed by atoms with van der Waals surface area (Å²) in [5.74, 6) is -3.29. The van der Waals surface area contributed by atoms with Gasteiger partial charge in [-0.15, -0.1) is 0 Å². The van der Waals surface area contributed by atoms with Crippen LogP contribution in [0.1, 0.15) is 85.9 Å². The number of piperazine rings is 1. The minimum Gasteiger partial charge on any atom is -0.381 e. The number of piperidine rings is 1. The van der Waals surface area contributed by atoms with E-state index in [1.807, 2.05) is 36.4 Å². The van der Waals surface area contributed by atoms with Gasteiger partial charge in [0.1, 0.15) is 17.7 Å². The molecule has 10 rings (SSSR count). The summed E-state index contributed by atoms with van der Waals surface area (Å²) in [5, 5.41) is 20.6. The van der Waals surface area contributed by atoms with Crippen molar-refractivity contribution < 1.29 is 37.5 Å². The minimum atomic E-state index is -0.995. The van der Waals surface area contributed by atoms with Gasteiger partial charge in [-0.3, -0.25) is 44.2 Å². The van der Waals surface area contributed by atoms with Crippen LogP contribution in [0, 0.1) is 11.6 Å². The number of hydrogen-bond donors (Lipinski definition) is 5. The molecule has 0 aliphatic carbocycles. The van der Waals surface area contributed by atoms with E-state index in [9.17, 15) is 32.8 Å². The Labute approximate surface area is 366 Å². The molecule has 4 aromatic carbocycles. The quantitative estimate of drug-likeness (QED) is 0.114. The number of halogens is 2. The SMILES string of the molecule is O=C1CCC(N2C(=O)c3ccc(C4CC(CN5CCN(c6ccc(C(=O)Nc7n[nH]c8ccc(Cc9cc(F)cc(F)c9)cc78)c(NC7CCOCC7)c6)CC5)N4)cc3C2=O)C(=O)N1. The first-order chi connectivity index (χ1) is 31.0. The molecule has 15 nitrogen and oxygen atoms in total. The van der Waals surface area contributed by atoms with Gasteiger partial charge in [0.25, 0.3) is 17.7 Å². The summed E-state index contributed by atoms with van der Waals surface area (Å²) >= 11 is 0. The van der Waals surface area contributed by atoms with Crippen LogP contribution in [0.2, 0.25) is 0 Å². The third-order valence-electron chi connectivity index (χ3n) is 13.1. The van der Waals surface area contributed by atoms with Crippen molar-refractivity contribution in [2.45, 2.75) is 62.7 Å². The Kier molecular flexibility index (Phi) is 11.1. The Hall–Kier alpha value is -6.56. The number of rotatable bonds is 11. The zero-order valence-corrected chi connectivity index (χ0v) is 34.9. The molecular weight excluding hydrogens is 825 g/mol. The van der Waals surface area contributed by atoms with Crippen LogP contribution in [-0.2, 0) is 20.7 Å². The summed E-state index contributed by atoms with van der Waals surface area (Å²) in [6.45, 7) is 5.43. The highest BCUT2D eigenvalue weighted by Gasteiger charge is 2.45. The number of amides is 5. The molecule has 5 aromatic rings. The van der Waals surface area contributed by atoms with Crippen LogP contribution in [0.15, 0.2) is 72.8 Å². The van der Waals surface area contributed by atoms with Gasteiger partial charge in [-0.1, -0.05) is 12.1 Å². The molecule has 5 aliphatic rings. The lowest BCUT2D eigenvalue weighted by Crippen LogP contribution is -2.56. The van der Waals surface area contributed by atoms with Gasteiger partial charge < -0.3 is 25.6 Å². The lowest BCUT2D eigenvalue weighted by molar-refractivity contribution is -0.136. The Morgan fingerprint density at radius 1 is 0.828 bits per heavy atom. The molecule has 17 heteroatoms. The number of ether oxygens (including phenoxy) is 1. The number of hydrogen-bond acceptors (Lipinski definition) is 11. The maximum Gasteiger partial charge on any atom is 0.262 e. The van der Waals surface area contributed by atoms with Crippen LogP contribution < -0.4 is 26.2 Å². The van der Waals surface area contributed by atoms with Crippen molar-refractivity contribution in [3.8, 4) is 0 Å². The topological polar surface area (TPSA) is 181 Å². The summed E-state index contributed by atoms with van der Waals surface area (Å²) in [7, 11) is 0. The number of carbonyl (C=O) groups excluding carboxylic acids is 5. The third-order valence-corrected chi connectivity index (χ3v) is 13.1. The van der Waals surface area contributed by atoms with Crippen molar-refractivity contribution in [1.29, 1.82) is 0 Å². The van der Waals surface area contributed by atoms with Crippen molar-refractivity contribution in [2.24, 2.45) is 0 Å². The Morgan fingerprint density at radius 2 is 1.59 bits per heavy atom. The third kappa shape index (κ3) is 8.33. The van der Waals surface area contributed by atoms with E-state index in [1.54, 1.807) is 12.1 Å². The normalized spacial score (nSPS) is 21.8. The summed E-state index contributed by atoms with van der Waals surface area (Å²) < 4.78 is 33.4. The second kappa shape index (κ2) is 17.2. The lowest BCUT2D eigenvalue weighted by Gasteiger charge is -2.43. The second-order valence-corrected chi connectivity index (χ2v) is 17.3. The van der Waals surface area contributed by atoms with Gasteiger partial charge in [-0.25, -0.2) is 8.78 Å². The molecule has 0 spiro atoms. The molecule has 5 amide bonds. The second-order valence-electron chi connectivity index (χ2n) is 17.3. The van der Waals surface area contributed by atoms with Crippen molar-refractivity contribution in [1.82, 2.24) is 30.6 Å². The minimum absolute atomic E-state index is 0.0321. The van der Waals surface area contributed by atoms with Crippen LogP contribution in [0.25, 0.3) is 10.9 Å². The highest BCUT2D eigenvalue weighted by Crippen LogP contribution is 2.35. The van der Waals surface area contributed by atoms with Gasteiger partial charge in [0.05, 0.1) is 22.2 Å². The summed E-state index contributed by atoms with van der Waals surface area (Å²) in [6, 6.07) is 19.6. The largest absolute Gasteiger partial charge is 0.381 e. The van der Waals surface area contributed by atoms with E-state index >= 15 is 0 Å². The average molecular weight is 872 g/mol. The molecule has 3 atom stereocenters. The van der Waals surface area contributed by atoms with Gasteiger partial charge in [0.2, 0.25) is 11.8 Å². The van der Waals surface area contributed by atoms with Crippen LogP contribution >= 0.6 is 0 Å². The summed E-state index contributed by atoms with van der Waals surface area (Å²) in [5.41, 5.74) is 5.71. The van der Waals surface area contributed by atoms with Gasteiger partial charge in [0, 0.05) is 93.3 Å². The van der Waals surface area contributed by atoms with Crippen molar-refractivity contribution in [3.63, 3.8) is 0 Å². The lowest BCUT2D eigenvalue weighted by atomic mass is 9.89. The fourth-order valence-electron chi connectivity index (χ4n) is 9.61. The number of aromatic nitrogens is 2. The molecule has 5 aliphatic heterocycles. The summed E-state index contributed by atoms with van der Waals surface area (Å²) in [6.07, 6.45) is 2.99. The molecule has 3 unspecified atom stereocenters. The predicted molar refractivity (Wildman–Crippen MR) is 233 cm³/mol. The van der Waals surface area contributed by atoms with Gasteiger partial charge in [0.15, 0.2) is 5.82 Å². The molecule has 0 bridgehead atoms. The first-order valence-corrected chi connectivity index (χ1v) is 21.8. The zero-order valence-electron chi connectivity index (χ0n) is 34.9. The molecule has 5 N–H and O–H groups in total. The molecule has 0 saturated carbocycles. The Bertz CT molecular complexity index is 2670. The van der Waals surface area contributed by atoms with E-state index in [0.717, 1.165) is 85.5 Å². The molecular formula is C47H47F2N9O6. The maximum absolute atomic E-state index is 14.0. The fourth-order valence-corrected chi connectivity index (χ4v) is 9.61. The number of carbonyl (C=O) groups is 5. The molecule has 330 valence electrons. The van der Waals surface area contributed by atoms with E-state index in [2.05, 4.69) is 47.3 Å². The monoisotopic (exact) mass is 871 g/mol. The van der Waals surface area contributed by atoms with Crippen LogP contribution in [0.3, 0.4) is 0 Å². The number of anilines is 3. The highest BCUT2D eigenvalue weighted by atomic mass is 19.1. The molecule has 64 heavy (non-hydrogen) atoms. The molecule has 0 radical (unpaired) electrons. The molecule has 6 heterocycles. The van der Waals surface area contributed by atoms with Crippen molar-refractivity contribution >= 4 is 57.6 Å². The number of benzene rings is 4. The smallest absolute Gasteiger partial charge is 0.262 e. The van der Waals surface area contributed by atoms with Crippen molar-refractivity contribution in [3.05, 3.63) is 118 Å². The number of imide groups is 2. The van der Waals surface area contributed by atoms with E-state index in [4.69, 9.17) is 4.74 Å². The standard InChI is InChI=1S/C47H47F2N9O6/c48-29-18-27(19-30(49)22-29)17-26-1-6-38-37(20-26)43(55-54-38)53-44(60)35-5-3-33(24-40(35)50-31-9-15-64-16-10-31)57-13-11-56(12-14-57)25-32-23-39(51-32)28-2-4-34-36(21-28)47(63)58(46(34)62)41-7-8-42(59)52-45(41)61/h1-6,18-22,24,31-32,39,41,50-51H,7-17,23,25H2,(H,52,59,61)(H2,53,54,55,60).